The van der Waals surface area contributed by atoms with Crippen molar-refractivity contribution in [1.29, 1.82) is 5.26 Å². The molecule has 1 unspecified atom stereocenters. The number of hydrogen-bond acceptors (Lipinski definition) is 2. The monoisotopic (exact) mass is 325 g/mol. The predicted octanol–water partition coefficient (Wildman–Crippen LogP) is 4.82. The van der Waals surface area contributed by atoms with E-state index in [1.54, 1.807) is 0 Å². The van der Waals surface area contributed by atoms with Crippen molar-refractivity contribution < 1.29 is 0 Å². The van der Waals surface area contributed by atoms with Crippen LogP contribution in [-0.4, -0.2) is 15.8 Å². The SMILES string of the molecule is C/C=C(C#N)\C(=N/C(Cl)CC)c1cn2c3c(cccc13)CCC2. The Labute approximate surface area is 141 Å². The van der Waals surface area contributed by atoms with Crippen molar-refractivity contribution in [3.63, 3.8) is 0 Å². The van der Waals surface area contributed by atoms with E-state index in [1.165, 1.54) is 11.1 Å². The average Bonchev–Trinajstić information content (AvgIpc) is 2.96. The Morgan fingerprint density at radius 1 is 1.52 bits per heavy atom. The summed E-state index contributed by atoms with van der Waals surface area (Å²) in [6.07, 6.45) is 6.93. The number of hydrogen-bond donors (Lipinski definition) is 0. The third-order valence-electron chi connectivity index (χ3n) is 4.35. The summed E-state index contributed by atoms with van der Waals surface area (Å²) >= 11 is 6.27. The molecule has 1 aromatic heterocycles. The van der Waals surface area contributed by atoms with Gasteiger partial charge in [0.1, 0.15) is 11.6 Å². The zero-order valence-electron chi connectivity index (χ0n) is 13.5. The van der Waals surface area contributed by atoms with Crippen molar-refractivity contribution in [1.82, 2.24) is 4.57 Å². The maximum absolute atomic E-state index is 9.50. The number of nitrogens with zero attached hydrogens (tertiary/aromatic N) is 3. The Morgan fingerprint density at radius 3 is 3.04 bits per heavy atom. The standard InChI is InChI=1S/C19H20ClN3/c1-3-13(11-21)18(22-17(20)4-2)16-12-23-10-6-8-14-7-5-9-15(16)19(14)23/h3,5,7,9,12,17H,4,6,8,10H2,1-2H3/b13-3-,22-18+. The number of halogens is 1. The van der Waals surface area contributed by atoms with Crippen LogP contribution in [0, 0.1) is 11.3 Å². The van der Waals surface area contributed by atoms with E-state index >= 15 is 0 Å². The summed E-state index contributed by atoms with van der Waals surface area (Å²) in [5, 5.41) is 10.7. The van der Waals surface area contributed by atoms with Crippen molar-refractivity contribution in [3.8, 4) is 6.07 Å². The topological polar surface area (TPSA) is 41.1 Å². The minimum atomic E-state index is -0.319. The summed E-state index contributed by atoms with van der Waals surface area (Å²) in [6.45, 7) is 4.87. The van der Waals surface area contributed by atoms with Gasteiger partial charge in [-0.2, -0.15) is 5.26 Å². The molecule has 0 saturated carbocycles. The van der Waals surface area contributed by atoms with Gasteiger partial charge in [0.15, 0.2) is 0 Å². The molecule has 0 bridgehead atoms. The maximum Gasteiger partial charge on any atom is 0.124 e. The van der Waals surface area contributed by atoms with Gasteiger partial charge in [-0.1, -0.05) is 42.8 Å². The molecule has 23 heavy (non-hydrogen) atoms. The molecule has 4 heteroatoms. The lowest BCUT2D eigenvalue weighted by atomic mass is 9.99. The molecule has 0 amide bonds. The fourth-order valence-electron chi connectivity index (χ4n) is 3.21. The Hall–Kier alpha value is -2.05. The van der Waals surface area contributed by atoms with Crippen LogP contribution in [-0.2, 0) is 13.0 Å². The molecule has 2 heterocycles. The zero-order chi connectivity index (χ0) is 16.4. The molecule has 1 atom stereocenters. The highest BCUT2D eigenvalue weighted by molar-refractivity contribution is 6.25. The molecule has 0 N–H and O–H groups in total. The molecule has 3 rings (SSSR count). The third kappa shape index (κ3) is 2.80. The van der Waals surface area contributed by atoms with E-state index in [0.717, 1.165) is 36.8 Å². The number of benzene rings is 1. The molecule has 0 radical (unpaired) electrons. The van der Waals surface area contributed by atoms with E-state index in [2.05, 4.69) is 40.0 Å². The summed E-state index contributed by atoms with van der Waals surface area (Å²) in [5.74, 6) is 0. The molecule has 0 spiro atoms. The first-order valence-corrected chi connectivity index (χ1v) is 8.53. The van der Waals surface area contributed by atoms with Crippen molar-refractivity contribution in [2.24, 2.45) is 4.99 Å². The molecule has 0 fully saturated rings. The molecular formula is C19H20ClN3. The highest BCUT2D eigenvalue weighted by Gasteiger charge is 2.21. The first kappa shape index (κ1) is 15.8. The van der Waals surface area contributed by atoms with Gasteiger partial charge in [0.25, 0.3) is 0 Å². The van der Waals surface area contributed by atoms with Gasteiger partial charge in [-0.15, -0.1) is 0 Å². The number of aromatic nitrogens is 1. The minimum Gasteiger partial charge on any atom is -0.347 e. The maximum atomic E-state index is 9.50. The van der Waals surface area contributed by atoms with Crippen LogP contribution in [0.25, 0.3) is 10.9 Å². The van der Waals surface area contributed by atoms with Crippen molar-refractivity contribution in [2.45, 2.75) is 45.2 Å². The lowest BCUT2D eigenvalue weighted by molar-refractivity contribution is 0.636. The first-order chi connectivity index (χ1) is 11.2. The van der Waals surface area contributed by atoms with Crippen LogP contribution in [0.2, 0.25) is 0 Å². The number of aliphatic imine (C=N–C) groups is 1. The second kappa shape index (κ2) is 6.60. The summed E-state index contributed by atoms with van der Waals surface area (Å²) in [5.41, 5.74) is 4.62. The summed E-state index contributed by atoms with van der Waals surface area (Å²) < 4.78 is 2.29. The van der Waals surface area contributed by atoms with Crippen LogP contribution in [0.4, 0.5) is 0 Å². The van der Waals surface area contributed by atoms with Crippen LogP contribution in [0.5, 0.6) is 0 Å². The minimum absolute atomic E-state index is 0.319. The van der Waals surface area contributed by atoms with E-state index in [0.29, 0.717) is 11.3 Å². The van der Waals surface area contributed by atoms with E-state index in [9.17, 15) is 5.26 Å². The van der Waals surface area contributed by atoms with Gasteiger partial charge in [-0.05, 0) is 31.7 Å². The molecule has 0 saturated heterocycles. The molecule has 1 aliphatic rings. The molecule has 3 nitrogen and oxygen atoms in total. The quantitative estimate of drug-likeness (QED) is 0.344. The van der Waals surface area contributed by atoms with Gasteiger partial charge in [0, 0.05) is 23.7 Å². The van der Waals surface area contributed by atoms with Crippen LogP contribution < -0.4 is 0 Å². The van der Waals surface area contributed by atoms with E-state index in [1.807, 2.05) is 19.9 Å². The number of allylic oxidation sites excluding steroid dienone is 2. The van der Waals surface area contributed by atoms with Crippen molar-refractivity contribution in [3.05, 3.63) is 47.2 Å². The van der Waals surface area contributed by atoms with Crippen LogP contribution >= 0.6 is 11.6 Å². The van der Waals surface area contributed by atoms with Crippen LogP contribution in [0.15, 0.2) is 41.0 Å². The molecule has 2 aromatic rings. The lowest BCUT2D eigenvalue weighted by Gasteiger charge is -2.14. The second-order valence-corrected chi connectivity index (χ2v) is 6.29. The summed E-state index contributed by atoms with van der Waals surface area (Å²) in [7, 11) is 0. The largest absolute Gasteiger partial charge is 0.347 e. The summed E-state index contributed by atoms with van der Waals surface area (Å²) in [6, 6.07) is 8.66. The lowest BCUT2D eigenvalue weighted by Crippen LogP contribution is -2.08. The van der Waals surface area contributed by atoms with E-state index in [-0.39, 0.29) is 5.50 Å². The molecular weight excluding hydrogens is 306 g/mol. The smallest absolute Gasteiger partial charge is 0.124 e. The Bertz CT molecular complexity index is 836. The molecule has 0 aliphatic carbocycles. The fourth-order valence-corrected chi connectivity index (χ4v) is 3.31. The first-order valence-electron chi connectivity index (χ1n) is 8.09. The second-order valence-electron chi connectivity index (χ2n) is 5.79. The third-order valence-corrected chi connectivity index (χ3v) is 4.76. The van der Waals surface area contributed by atoms with Gasteiger partial charge < -0.3 is 4.57 Å². The van der Waals surface area contributed by atoms with E-state index < -0.39 is 0 Å². The van der Waals surface area contributed by atoms with Crippen molar-refractivity contribution in [2.75, 3.05) is 0 Å². The van der Waals surface area contributed by atoms with Crippen molar-refractivity contribution >= 4 is 28.2 Å². The highest BCUT2D eigenvalue weighted by Crippen LogP contribution is 2.31. The number of rotatable bonds is 4. The Morgan fingerprint density at radius 2 is 2.35 bits per heavy atom. The van der Waals surface area contributed by atoms with Gasteiger partial charge in [0.05, 0.1) is 16.8 Å². The number of nitriles is 1. The molecule has 1 aliphatic heterocycles. The number of para-hydroxylation sites is 1. The van der Waals surface area contributed by atoms with Gasteiger partial charge in [0.2, 0.25) is 0 Å². The number of aryl methyl sites for hydroxylation is 2. The van der Waals surface area contributed by atoms with Crippen LogP contribution in [0.1, 0.15) is 37.8 Å². The average molecular weight is 326 g/mol. The van der Waals surface area contributed by atoms with Crippen LogP contribution in [0.3, 0.4) is 0 Å². The zero-order valence-corrected chi connectivity index (χ0v) is 14.3. The Balaban J connectivity index is 2.26. The van der Waals surface area contributed by atoms with Gasteiger partial charge in [-0.3, -0.25) is 4.99 Å². The van der Waals surface area contributed by atoms with Gasteiger partial charge >= 0.3 is 0 Å². The highest BCUT2D eigenvalue weighted by atomic mass is 35.5. The number of alkyl halides is 1. The Kier molecular flexibility index (Phi) is 4.54. The summed E-state index contributed by atoms with van der Waals surface area (Å²) in [4.78, 5) is 4.63. The normalized spacial score (nSPS) is 16.4. The molecule has 118 valence electrons. The van der Waals surface area contributed by atoms with E-state index in [4.69, 9.17) is 11.6 Å². The molecule has 1 aromatic carbocycles. The van der Waals surface area contributed by atoms with Gasteiger partial charge in [-0.25, -0.2) is 0 Å². The fraction of sp³-hybridized carbons (Fsp3) is 0.368. The predicted molar refractivity (Wildman–Crippen MR) is 96.1 cm³/mol.